The van der Waals surface area contributed by atoms with Crippen molar-refractivity contribution in [1.29, 1.82) is 0 Å². The molecule has 1 aromatic rings. The predicted octanol–water partition coefficient (Wildman–Crippen LogP) is 1.64. The van der Waals surface area contributed by atoms with E-state index in [1.807, 2.05) is 17.0 Å². The number of carbonyl (C=O) groups is 2. The number of fused-ring (bicyclic) bond motifs is 1. The third-order valence-electron chi connectivity index (χ3n) is 4.58. The van der Waals surface area contributed by atoms with E-state index in [1.165, 1.54) is 0 Å². The van der Waals surface area contributed by atoms with E-state index in [0.29, 0.717) is 19.8 Å². The van der Waals surface area contributed by atoms with Gasteiger partial charge in [0.15, 0.2) is 0 Å². The van der Waals surface area contributed by atoms with E-state index in [1.54, 1.807) is 19.5 Å². The summed E-state index contributed by atoms with van der Waals surface area (Å²) in [6.45, 7) is 1.88. The van der Waals surface area contributed by atoms with Crippen LogP contribution in [0.15, 0.2) is 24.5 Å². The van der Waals surface area contributed by atoms with Gasteiger partial charge < -0.3 is 24.2 Å². The maximum absolute atomic E-state index is 12.1. The summed E-state index contributed by atoms with van der Waals surface area (Å²) >= 11 is 0. The second-order valence-corrected chi connectivity index (χ2v) is 6.51. The van der Waals surface area contributed by atoms with Gasteiger partial charge >= 0.3 is 12.1 Å². The zero-order chi connectivity index (χ0) is 21.4. The van der Waals surface area contributed by atoms with Crippen LogP contribution in [0, 0.1) is 0 Å². The van der Waals surface area contributed by atoms with Gasteiger partial charge in [0.1, 0.15) is 12.7 Å². The third-order valence-corrected chi connectivity index (χ3v) is 4.58. The van der Waals surface area contributed by atoms with Gasteiger partial charge in [-0.2, -0.15) is 13.2 Å². The number of aliphatic carboxylic acids is 1. The molecule has 162 valence electrons. The molecule has 1 saturated heterocycles. The Bertz CT molecular complexity index is 673. The molecule has 8 nitrogen and oxygen atoms in total. The predicted molar refractivity (Wildman–Crippen MR) is 92.9 cm³/mol. The molecular formula is C18H23F3N2O6. The molecule has 1 aliphatic carbocycles. The van der Waals surface area contributed by atoms with Crippen molar-refractivity contribution in [2.75, 3.05) is 26.9 Å². The highest BCUT2D eigenvalue weighted by molar-refractivity contribution is 5.78. The molecular weight excluding hydrogens is 397 g/mol. The molecule has 1 amide bonds. The van der Waals surface area contributed by atoms with Crippen molar-refractivity contribution in [2.45, 2.75) is 43.9 Å². The van der Waals surface area contributed by atoms with Crippen molar-refractivity contribution in [1.82, 2.24) is 9.88 Å². The third kappa shape index (κ3) is 6.65. The summed E-state index contributed by atoms with van der Waals surface area (Å²) in [7, 11) is 1.55. The van der Waals surface area contributed by atoms with E-state index in [4.69, 9.17) is 24.1 Å². The molecule has 0 spiro atoms. The Labute approximate surface area is 165 Å². The van der Waals surface area contributed by atoms with Crippen molar-refractivity contribution < 1.29 is 42.1 Å². The van der Waals surface area contributed by atoms with Crippen LogP contribution < -0.4 is 0 Å². The van der Waals surface area contributed by atoms with E-state index >= 15 is 0 Å². The Hall–Kier alpha value is -2.24. The number of methoxy groups -OCH3 is 1. The first kappa shape index (κ1) is 23.0. The summed E-state index contributed by atoms with van der Waals surface area (Å²) < 4.78 is 48.6. The number of carboxylic acid groups (broad SMARTS) is 1. The van der Waals surface area contributed by atoms with Crippen LogP contribution in [0.25, 0.3) is 0 Å². The van der Waals surface area contributed by atoms with E-state index in [0.717, 1.165) is 18.4 Å². The summed E-state index contributed by atoms with van der Waals surface area (Å²) in [5.41, 5.74) is 1.10. The number of aromatic nitrogens is 1. The SMILES string of the molecule is COCC(=O)N1CCO[C@H]2[C@H](OCc3ccncc3)CC[C@@H]21.O=C(O)C(F)(F)F. The number of ether oxygens (including phenoxy) is 3. The normalized spacial score (nSPS) is 23.7. The minimum Gasteiger partial charge on any atom is -0.475 e. The van der Waals surface area contributed by atoms with E-state index in [2.05, 4.69) is 4.98 Å². The smallest absolute Gasteiger partial charge is 0.475 e. The zero-order valence-electron chi connectivity index (χ0n) is 15.8. The average Bonchev–Trinajstić information content (AvgIpc) is 3.10. The molecule has 3 rings (SSSR count). The van der Waals surface area contributed by atoms with E-state index in [9.17, 15) is 18.0 Å². The maximum Gasteiger partial charge on any atom is 0.490 e. The number of carboxylic acids is 1. The molecule has 0 unspecified atom stereocenters. The largest absolute Gasteiger partial charge is 0.490 e. The number of halogens is 3. The Balaban J connectivity index is 0.000000370. The highest BCUT2D eigenvalue weighted by Crippen LogP contribution is 2.32. The summed E-state index contributed by atoms with van der Waals surface area (Å²) in [4.78, 5) is 26.9. The van der Waals surface area contributed by atoms with Crippen LogP contribution in [0.1, 0.15) is 18.4 Å². The average molecular weight is 420 g/mol. The lowest BCUT2D eigenvalue weighted by atomic mass is 10.1. The molecule has 11 heteroatoms. The Morgan fingerprint density at radius 3 is 2.55 bits per heavy atom. The summed E-state index contributed by atoms with van der Waals surface area (Å²) in [6.07, 6.45) is 0.280. The standard InChI is InChI=1S/C16H22N2O4.C2HF3O2/c1-20-11-15(19)18-8-9-21-16-13(18)2-3-14(16)22-10-12-4-6-17-7-5-12;3-2(4,5)1(6)7/h4-7,13-14,16H,2-3,8-11H2,1H3;(H,6,7)/t13-,14+,16+;/m0./s1. The van der Waals surface area contributed by atoms with Gasteiger partial charge in [0.05, 0.1) is 25.4 Å². The molecule has 1 aliphatic heterocycles. The van der Waals surface area contributed by atoms with Gasteiger partial charge in [0, 0.05) is 26.0 Å². The quantitative estimate of drug-likeness (QED) is 0.773. The van der Waals surface area contributed by atoms with Crippen molar-refractivity contribution in [3.63, 3.8) is 0 Å². The van der Waals surface area contributed by atoms with E-state index < -0.39 is 12.1 Å². The highest BCUT2D eigenvalue weighted by atomic mass is 19.4. The molecule has 0 bridgehead atoms. The topological polar surface area (TPSA) is 98.2 Å². The molecule has 2 heterocycles. The van der Waals surface area contributed by atoms with Crippen molar-refractivity contribution in [3.05, 3.63) is 30.1 Å². The van der Waals surface area contributed by atoms with Crippen LogP contribution in [-0.2, 0) is 30.4 Å². The van der Waals surface area contributed by atoms with Crippen LogP contribution >= 0.6 is 0 Å². The van der Waals surface area contributed by atoms with Gasteiger partial charge in [-0.05, 0) is 30.5 Å². The molecule has 2 fully saturated rings. The van der Waals surface area contributed by atoms with Gasteiger partial charge in [0.25, 0.3) is 0 Å². The lowest BCUT2D eigenvalue weighted by Crippen LogP contribution is -2.54. The number of carbonyl (C=O) groups excluding carboxylic acids is 1. The number of alkyl halides is 3. The van der Waals surface area contributed by atoms with E-state index in [-0.39, 0.29) is 30.8 Å². The second-order valence-electron chi connectivity index (χ2n) is 6.51. The number of amides is 1. The van der Waals surface area contributed by atoms with Crippen molar-refractivity contribution in [2.24, 2.45) is 0 Å². The Morgan fingerprint density at radius 2 is 1.97 bits per heavy atom. The van der Waals surface area contributed by atoms with Gasteiger partial charge in [-0.3, -0.25) is 9.78 Å². The van der Waals surface area contributed by atoms with Crippen molar-refractivity contribution in [3.8, 4) is 0 Å². The second kappa shape index (κ2) is 10.5. The van der Waals surface area contributed by atoms with Crippen molar-refractivity contribution >= 4 is 11.9 Å². The first-order valence-corrected chi connectivity index (χ1v) is 8.94. The molecule has 2 aliphatic rings. The fraction of sp³-hybridized carbons (Fsp3) is 0.611. The minimum absolute atomic E-state index is 0.0311. The fourth-order valence-electron chi connectivity index (χ4n) is 3.29. The van der Waals surface area contributed by atoms with Crippen LogP contribution in [0.2, 0.25) is 0 Å². The molecule has 1 saturated carbocycles. The van der Waals surface area contributed by atoms with Gasteiger partial charge in [0.2, 0.25) is 5.91 Å². The first-order valence-electron chi connectivity index (χ1n) is 8.94. The van der Waals surface area contributed by atoms with Crippen LogP contribution in [0.4, 0.5) is 13.2 Å². The lowest BCUT2D eigenvalue weighted by Gasteiger charge is -2.39. The van der Waals surface area contributed by atoms with Gasteiger partial charge in [-0.25, -0.2) is 4.79 Å². The number of pyridine rings is 1. The maximum atomic E-state index is 12.1. The number of rotatable bonds is 5. The zero-order valence-corrected chi connectivity index (χ0v) is 15.8. The summed E-state index contributed by atoms with van der Waals surface area (Å²) in [5.74, 6) is -2.72. The minimum atomic E-state index is -5.08. The fourth-order valence-corrected chi connectivity index (χ4v) is 3.29. The van der Waals surface area contributed by atoms with Crippen LogP contribution in [0.5, 0.6) is 0 Å². The highest BCUT2D eigenvalue weighted by Gasteiger charge is 2.44. The van der Waals surface area contributed by atoms with Gasteiger partial charge in [-0.1, -0.05) is 0 Å². The summed E-state index contributed by atoms with van der Waals surface area (Å²) in [6, 6.07) is 4.00. The number of hydrogen-bond donors (Lipinski definition) is 1. The molecule has 3 atom stereocenters. The molecule has 1 N–H and O–H groups in total. The van der Waals surface area contributed by atoms with Crippen LogP contribution in [-0.4, -0.2) is 78.2 Å². The first-order chi connectivity index (χ1) is 13.7. The number of hydrogen-bond acceptors (Lipinski definition) is 6. The monoisotopic (exact) mass is 420 g/mol. The number of nitrogens with zero attached hydrogens (tertiary/aromatic N) is 2. The molecule has 0 radical (unpaired) electrons. The Morgan fingerprint density at radius 1 is 1.31 bits per heavy atom. The summed E-state index contributed by atoms with van der Waals surface area (Å²) in [5, 5.41) is 7.12. The Kier molecular flexibility index (Phi) is 8.35. The molecule has 0 aromatic carbocycles. The lowest BCUT2D eigenvalue weighted by molar-refractivity contribution is -0.192. The number of morpholine rings is 1. The van der Waals surface area contributed by atoms with Crippen LogP contribution in [0.3, 0.4) is 0 Å². The molecule has 29 heavy (non-hydrogen) atoms. The molecule has 1 aromatic heterocycles. The van der Waals surface area contributed by atoms with Gasteiger partial charge in [-0.15, -0.1) is 0 Å².